The average Bonchev–Trinajstić information content (AvgIpc) is 3.63. The molecule has 37 heavy (non-hydrogen) atoms. The summed E-state index contributed by atoms with van der Waals surface area (Å²) in [6.45, 7) is 1.17. The van der Waals surface area contributed by atoms with Gasteiger partial charge in [0.15, 0.2) is 12.6 Å². The molecule has 0 radical (unpaired) electrons. The minimum absolute atomic E-state index is 0. The molecule has 6 rings (SSSR count). The van der Waals surface area contributed by atoms with Gasteiger partial charge in [-0.15, -0.1) is 0 Å². The van der Waals surface area contributed by atoms with E-state index in [9.17, 15) is 0 Å². The Morgan fingerprint density at radius 1 is 0.568 bits per heavy atom. The summed E-state index contributed by atoms with van der Waals surface area (Å²) < 4.78 is 20.8. The van der Waals surface area contributed by atoms with Crippen LogP contribution in [-0.4, -0.2) is 66.0 Å². The lowest BCUT2D eigenvalue weighted by Gasteiger charge is -2.22. The maximum Gasteiger partial charge on any atom is 0.236 e. The Morgan fingerprint density at radius 3 is 1.41 bits per heavy atom. The summed E-state index contributed by atoms with van der Waals surface area (Å²) in [7, 11) is 0. The molecule has 10 heteroatoms. The second-order valence-corrected chi connectivity index (χ2v) is 8.33. The number of benzene rings is 2. The summed E-state index contributed by atoms with van der Waals surface area (Å²) in [5, 5.41) is 17.1. The molecule has 0 bridgehead atoms. The van der Waals surface area contributed by atoms with Gasteiger partial charge < -0.3 is 29.2 Å². The van der Waals surface area contributed by atoms with Crippen molar-refractivity contribution in [1.82, 2.24) is 4.98 Å². The van der Waals surface area contributed by atoms with E-state index < -0.39 is 12.6 Å². The maximum atomic E-state index is 8.57. The number of nitrogens with zero attached hydrogens (tertiary/aromatic N) is 3. The first-order valence-corrected chi connectivity index (χ1v) is 11.7. The van der Waals surface area contributed by atoms with Crippen molar-refractivity contribution in [2.24, 2.45) is 9.98 Å². The fraction of sp³-hybridized carbons (Fsp3) is 0.296. The normalized spacial score (nSPS) is 24.4. The summed E-state index contributed by atoms with van der Waals surface area (Å²) in [4.78, 5) is 14.1. The fourth-order valence-electron chi connectivity index (χ4n) is 3.88. The molecule has 1 saturated heterocycles. The summed E-state index contributed by atoms with van der Waals surface area (Å²) in [6.07, 6.45) is -1.73. The molecular weight excluding hydrogens is 494 g/mol. The zero-order chi connectivity index (χ0) is 24.7. The van der Waals surface area contributed by atoms with Crippen LogP contribution in [0.2, 0.25) is 0 Å². The highest BCUT2D eigenvalue weighted by molar-refractivity contribution is 7.59. The third-order valence-corrected chi connectivity index (χ3v) is 5.72. The number of aliphatic imine (C=N–C) groups is 2. The van der Waals surface area contributed by atoms with E-state index in [2.05, 4.69) is 38.7 Å². The smallest absolute Gasteiger partial charge is 0.236 e. The third-order valence-electron chi connectivity index (χ3n) is 5.72. The van der Waals surface area contributed by atoms with Crippen LogP contribution in [0.4, 0.5) is 0 Å². The minimum Gasteiger partial charge on any atom is -0.474 e. The Kier molecular flexibility index (Phi) is 9.26. The van der Waals surface area contributed by atoms with E-state index >= 15 is 0 Å². The molecule has 194 valence electrons. The van der Waals surface area contributed by atoms with Crippen LogP contribution in [0.5, 0.6) is 0 Å². The Labute approximate surface area is 221 Å². The molecule has 4 atom stereocenters. The number of hydrogen-bond donors (Lipinski definition) is 2. The van der Waals surface area contributed by atoms with Crippen molar-refractivity contribution in [2.45, 2.75) is 24.7 Å². The summed E-state index contributed by atoms with van der Waals surface area (Å²) >= 11 is 0. The van der Waals surface area contributed by atoms with Crippen molar-refractivity contribution in [3.8, 4) is 0 Å². The van der Waals surface area contributed by atoms with Crippen LogP contribution in [0.3, 0.4) is 0 Å². The number of aromatic nitrogens is 1. The van der Waals surface area contributed by atoms with Gasteiger partial charge in [-0.3, -0.25) is 0 Å². The second-order valence-electron chi connectivity index (χ2n) is 8.33. The van der Waals surface area contributed by atoms with Gasteiger partial charge in [-0.1, -0.05) is 66.7 Å². The van der Waals surface area contributed by atoms with Crippen LogP contribution in [0.1, 0.15) is 34.6 Å². The number of pyridine rings is 1. The molecule has 0 spiro atoms. The Hall–Kier alpha value is -3.28. The van der Waals surface area contributed by atoms with E-state index in [1.807, 2.05) is 54.6 Å². The van der Waals surface area contributed by atoms with Crippen molar-refractivity contribution in [3.05, 3.63) is 101 Å². The predicted octanol–water partition coefficient (Wildman–Crippen LogP) is 2.90. The van der Waals surface area contributed by atoms with Crippen LogP contribution < -0.4 is 0 Å². The van der Waals surface area contributed by atoms with Crippen LogP contribution in [0, 0.1) is 0 Å². The van der Waals surface area contributed by atoms with Gasteiger partial charge >= 0.3 is 0 Å². The molecule has 2 N–H and O–H groups in total. The zero-order valence-electron chi connectivity index (χ0n) is 20.0. The van der Waals surface area contributed by atoms with Gasteiger partial charge in [-0.2, -0.15) is 13.5 Å². The Morgan fingerprint density at radius 2 is 1.00 bits per heavy atom. The predicted molar refractivity (Wildman–Crippen MR) is 142 cm³/mol. The number of aliphatic hydroxyl groups is 2. The number of ether oxygens (including phenoxy) is 4. The van der Waals surface area contributed by atoms with Gasteiger partial charge in [0.05, 0.1) is 0 Å². The van der Waals surface area contributed by atoms with Crippen LogP contribution in [0.15, 0.2) is 88.8 Å². The average molecular weight is 524 g/mol. The first kappa shape index (κ1) is 26.8. The SMILES string of the molecule is OC1COC(O)CO1.S.c1ccc([C@H]2COC(c3cccc(C4=N[C@@H](c5ccccc5)CO4)n3)=N2)cc1. The molecule has 0 saturated carbocycles. The molecule has 2 aromatic carbocycles. The van der Waals surface area contributed by atoms with E-state index in [0.29, 0.717) is 36.4 Å². The molecule has 1 fully saturated rings. The number of hydrogen-bond acceptors (Lipinski definition) is 9. The standard InChI is InChI=1S/C23H19N3O2.C4H8O4.H2S/c1-3-8-16(9-4-1)20-14-27-22(25-20)18-12-7-13-19(24-18)23-26-21(15-28-23)17-10-5-2-6-11-17;5-3-1-7-4(6)2-8-3;/h1-13,20-21H,14-15H2;3-6H,1-2H2;1H2/t20-,21-;;/m1../s1. The number of aliphatic hydroxyl groups excluding tert-OH is 2. The second kappa shape index (κ2) is 12.8. The maximum absolute atomic E-state index is 8.57. The van der Waals surface area contributed by atoms with Gasteiger partial charge in [-0.25, -0.2) is 15.0 Å². The first-order chi connectivity index (χ1) is 17.7. The molecular formula is C27H29N3O6S. The zero-order valence-corrected chi connectivity index (χ0v) is 21.0. The van der Waals surface area contributed by atoms with E-state index in [1.165, 1.54) is 0 Å². The lowest BCUT2D eigenvalue weighted by atomic mass is 10.1. The summed E-state index contributed by atoms with van der Waals surface area (Å²) in [6, 6.07) is 26.1. The lowest BCUT2D eigenvalue weighted by Crippen LogP contribution is -2.34. The van der Waals surface area contributed by atoms with Gasteiger partial charge in [0, 0.05) is 0 Å². The molecule has 2 unspecified atom stereocenters. The molecule has 0 amide bonds. The highest BCUT2D eigenvalue weighted by Gasteiger charge is 2.25. The molecule has 1 aromatic heterocycles. The minimum atomic E-state index is -0.863. The van der Waals surface area contributed by atoms with Crippen LogP contribution >= 0.6 is 13.5 Å². The molecule has 4 heterocycles. The monoisotopic (exact) mass is 523 g/mol. The van der Waals surface area contributed by atoms with Crippen molar-refractivity contribution >= 4 is 25.3 Å². The van der Waals surface area contributed by atoms with Crippen molar-refractivity contribution in [2.75, 3.05) is 26.4 Å². The van der Waals surface area contributed by atoms with Crippen LogP contribution in [-0.2, 0) is 18.9 Å². The number of rotatable bonds is 4. The Bertz CT molecular complexity index is 1110. The van der Waals surface area contributed by atoms with Crippen molar-refractivity contribution < 1.29 is 29.2 Å². The summed E-state index contributed by atoms with van der Waals surface area (Å²) in [5.41, 5.74) is 3.68. The molecule has 3 aliphatic heterocycles. The highest BCUT2D eigenvalue weighted by atomic mass is 32.1. The Balaban J connectivity index is 0.000000307. The molecule has 3 aliphatic rings. The van der Waals surface area contributed by atoms with E-state index in [-0.39, 0.29) is 38.8 Å². The summed E-state index contributed by atoms with van der Waals surface area (Å²) in [5.74, 6) is 1.13. The van der Waals surface area contributed by atoms with Crippen molar-refractivity contribution in [3.63, 3.8) is 0 Å². The van der Waals surface area contributed by atoms with Gasteiger partial charge in [0.2, 0.25) is 11.8 Å². The topological polar surface area (TPSA) is 115 Å². The van der Waals surface area contributed by atoms with E-state index in [0.717, 1.165) is 11.1 Å². The third kappa shape index (κ3) is 6.94. The molecule has 0 aliphatic carbocycles. The first-order valence-electron chi connectivity index (χ1n) is 11.7. The van der Waals surface area contributed by atoms with Gasteiger partial charge in [0.1, 0.15) is 49.9 Å². The van der Waals surface area contributed by atoms with Crippen LogP contribution in [0.25, 0.3) is 0 Å². The quantitative estimate of drug-likeness (QED) is 0.540. The molecule has 9 nitrogen and oxygen atoms in total. The molecule has 3 aromatic rings. The lowest BCUT2D eigenvalue weighted by molar-refractivity contribution is -0.263. The van der Waals surface area contributed by atoms with E-state index in [4.69, 9.17) is 29.7 Å². The van der Waals surface area contributed by atoms with Gasteiger partial charge in [-0.05, 0) is 23.3 Å². The van der Waals surface area contributed by atoms with Gasteiger partial charge in [0.25, 0.3) is 0 Å². The largest absolute Gasteiger partial charge is 0.474 e. The fourth-order valence-corrected chi connectivity index (χ4v) is 3.88. The van der Waals surface area contributed by atoms with Crippen molar-refractivity contribution in [1.29, 1.82) is 0 Å². The van der Waals surface area contributed by atoms with E-state index in [1.54, 1.807) is 0 Å². The highest BCUT2D eigenvalue weighted by Crippen LogP contribution is 2.26.